The van der Waals surface area contributed by atoms with E-state index in [1.54, 1.807) is 20.8 Å². The van der Waals surface area contributed by atoms with Crippen molar-refractivity contribution in [3.05, 3.63) is 0 Å². The molecule has 1 rings (SSSR count). The van der Waals surface area contributed by atoms with Gasteiger partial charge in [-0.1, -0.05) is 0 Å². The first-order valence-corrected chi connectivity index (χ1v) is 8.32. The van der Waals surface area contributed by atoms with E-state index in [1.807, 2.05) is 0 Å². The summed E-state index contributed by atoms with van der Waals surface area (Å²) in [4.78, 5) is 12.7. The van der Waals surface area contributed by atoms with Crippen molar-refractivity contribution < 1.29 is 30.9 Å². The molecule has 0 bridgehead atoms. The van der Waals surface area contributed by atoms with Crippen LogP contribution in [0.5, 0.6) is 0 Å². The summed E-state index contributed by atoms with van der Waals surface area (Å²) in [6.07, 6.45) is -0.0485. The van der Waals surface area contributed by atoms with Crippen LogP contribution in [0.25, 0.3) is 0 Å². The van der Waals surface area contributed by atoms with E-state index in [0.29, 0.717) is 0 Å². The molecule has 1 heterocycles. The number of ether oxygens (including phenoxy) is 1. The van der Waals surface area contributed by atoms with Gasteiger partial charge in [0, 0.05) is 6.54 Å². The maximum absolute atomic E-state index is 14.0. The molecule has 124 valence electrons. The van der Waals surface area contributed by atoms with E-state index in [4.69, 9.17) is 4.74 Å². The lowest BCUT2D eigenvalue weighted by molar-refractivity contribution is -0.119. The number of rotatable bonds is 3. The van der Waals surface area contributed by atoms with Crippen molar-refractivity contribution in [3.8, 4) is 0 Å². The average molecular weight is 329 g/mol. The standard InChI is InChI=1S/C12H21F2NO5S/c1-11(2,3)20-10(16)15-6-5-9(12(13,14)8-15)7-19-21(4,17)18/h9H,5-8H2,1-4H3/t9-/m0/s1. The third-order valence-electron chi connectivity index (χ3n) is 2.88. The molecule has 1 aliphatic heterocycles. The van der Waals surface area contributed by atoms with Crippen molar-refractivity contribution in [1.82, 2.24) is 4.90 Å². The molecular weight excluding hydrogens is 308 g/mol. The minimum Gasteiger partial charge on any atom is -0.444 e. The van der Waals surface area contributed by atoms with Crippen molar-refractivity contribution in [2.24, 2.45) is 5.92 Å². The molecule has 0 aromatic heterocycles. The monoisotopic (exact) mass is 329 g/mol. The molecule has 1 saturated heterocycles. The molecule has 1 fully saturated rings. The fourth-order valence-electron chi connectivity index (χ4n) is 1.88. The third-order valence-corrected chi connectivity index (χ3v) is 3.45. The van der Waals surface area contributed by atoms with E-state index in [1.165, 1.54) is 0 Å². The van der Waals surface area contributed by atoms with E-state index in [2.05, 4.69) is 4.18 Å². The minimum absolute atomic E-state index is 0.0538. The maximum Gasteiger partial charge on any atom is 0.410 e. The Morgan fingerprint density at radius 3 is 2.38 bits per heavy atom. The number of halogens is 2. The van der Waals surface area contributed by atoms with E-state index >= 15 is 0 Å². The van der Waals surface area contributed by atoms with Crippen LogP contribution in [0.2, 0.25) is 0 Å². The number of amides is 1. The molecule has 1 aliphatic rings. The van der Waals surface area contributed by atoms with Crippen LogP contribution < -0.4 is 0 Å². The molecule has 0 aliphatic carbocycles. The quantitative estimate of drug-likeness (QED) is 0.739. The van der Waals surface area contributed by atoms with Crippen LogP contribution in [0, 0.1) is 5.92 Å². The van der Waals surface area contributed by atoms with Gasteiger partial charge < -0.3 is 9.64 Å². The van der Waals surface area contributed by atoms with Gasteiger partial charge in [0.1, 0.15) is 5.60 Å². The summed E-state index contributed by atoms with van der Waals surface area (Å²) in [5.41, 5.74) is -0.761. The second-order valence-corrected chi connectivity index (χ2v) is 7.78. The van der Waals surface area contributed by atoms with Crippen LogP contribution in [-0.2, 0) is 19.0 Å². The molecule has 0 spiro atoms. The summed E-state index contributed by atoms with van der Waals surface area (Å²) >= 11 is 0. The molecule has 0 saturated carbocycles. The number of carbonyl (C=O) groups excluding carboxylic acids is 1. The van der Waals surface area contributed by atoms with E-state index in [-0.39, 0.29) is 13.0 Å². The van der Waals surface area contributed by atoms with E-state index in [0.717, 1.165) is 11.2 Å². The van der Waals surface area contributed by atoms with Gasteiger partial charge in [-0.2, -0.15) is 8.42 Å². The van der Waals surface area contributed by atoms with Crippen molar-refractivity contribution in [3.63, 3.8) is 0 Å². The van der Waals surface area contributed by atoms with Gasteiger partial charge >= 0.3 is 6.09 Å². The largest absolute Gasteiger partial charge is 0.444 e. The highest BCUT2D eigenvalue weighted by molar-refractivity contribution is 7.85. The van der Waals surface area contributed by atoms with Gasteiger partial charge in [-0.25, -0.2) is 13.6 Å². The lowest BCUT2D eigenvalue weighted by Gasteiger charge is -2.38. The summed E-state index contributed by atoms with van der Waals surface area (Å²) in [7, 11) is -3.77. The fraction of sp³-hybridized carbons (Fsp3) is 0.917. The number of alkyl halides is 2. The van der Waals surface area contributed by atoms with Crippen molar-refractivity contribution in [2.75, 3.05) is 26.0 Å². The van der Waals surface area contributed by atoms with Crippen LogP contribution in [-0.4, -0.2) is 56.9 Å². The van der Waals surface area contributed by atoms with Crippen LogP contribution in [0.4, 0.5) is 13.6 Å². The molecule has 9 heteroatoms. The molecule has 21 heavy (non-hydrogen) atoms. The summed E-state index contributed by atoms with van der Waals surface area (Å²) in [5, 5.41) is 0. The second kappa shape index (κ2) is 6.04. The zero-order chi connectivity index (χ0) is 16.5. The number of hydrogen-bond donors (Lipinski definition) is 0. The number of likely N-dealkylation sites (tertiary alicyclic amines) is 1. The Kier molecular flexibility index (Phi) is 5.20. The predicted octanol–water partition coefficient (Wildman–Crippen LogP) is 1.85. The summed E-state index contributed by atoms with van der Waals surface area (Å²) in [6, 6.07) is 0. The topological polar surface area (TPSA) is 72.9 Å². The molecule has 0 N–H and O–H groups in total. The van der Waals surface area contributed by atoms with E-state index in [9.17, 15) is 22.0 Å². The molecule has 1 atom stereocenters. The summed E-state index contributed by atoms with van der Waals surface area (Å²) < 4.78 is 59.1. The van der Waals surface area contributed by atoms with Gasteiger partial charge in [0.2, 0.25) is 0 Å². The lowest BCUT2D eigenvalue weighted by Crippen LogP contribution is -2.53. The Morgan fingerprint density at radius 1 is 1.38 bits per heavy atom. The Morgan fingerprint density at radius 2 is 1.95 bits per heavy atom. The SMILES string of the molecule is CC(C)(C)OC(=O)N1CC[C@@H](COS(C)(=O)=O)C(F)(F)C1. The van der Waals surface area contributed by atoms with Crippen LogP contribution >= 0.6 is 0 Å². The highest BCUT2D eigenvalue weighted by Gasteiger charge is 2.47. The van der Waals surface area contributed by atoms with Gasteiger partial charge in [-0.3, -0.25) is 4.18 Å². The number of piperidine rings is 1. The zero-order valence-corrected chi connectivity index (χ0v) is 13.4. The lowest BCUT2D eigenvalue weighted by atomic mass is 9.94. The van der Waals surface area contributed by atoms with Crippen molar-refractivity contribution in [2.45, 2.75) is 38.7 Å². The first-order chi connectivity index (χ1) is 9.30. The summed E-state index contributed by atoms with van der Waals surface area (Å²) in [6.45, 7) is 3.62. The number of nitrogens with zero attached hydrogens (tertiary/aromatic N) is 1. The zero-order valence-electron chi connectivity index (χ0n) is 12.6. The molecular formula is C12H21F2NO5S. The smallest absolute Gasteiger partial charge is 0.410 e. The van der Waals surface area contributed by atoms with Gasteiger partial charge in [-0.15, -0.1) is 0 Å². The molecule has 1 amide bonds. The summed E-state index contributed by atoms with van der Waals surface area (Å²) in [5.74, 6) is -4.47. The minimum atomic E-state index is -3.77. The first kappa shape index (κ1) is 18.1. The molecule has 0 unspecified atom stereocenters. The van der Waals surface area contributed by atoms with Crippen LogP contribution in [0.3, 0.4) is 0 Å². The molecule has 0 aromatic rings. The maximum atomic E-state index is 14.0. The highest BCUT2D eigenvalue weighted by Crippen LogP contribution is 2.34. The predicted molar refractivity (Wildman–Crippen MR) is 71.7 cm³/mol. The molecule has 0 radical (unpaired) electrons. The number of hydrogen-bond acceptors (Lipinski definition) is 5. The first-order valence-electron chi connectivity index (χ1n) is 6.50. The van der Waals surface area contributed by atoms with Gasteiger partial charge in [0.15, 0.2) is 0 Å². The molecule has 6 nitrogen and oxygen atoms in total. The van der Waals surface area contributed by atoms with Gasteiger partial charge in [0.25, 0.3) is 16.0 Å². The highest BCUT2D eigenvalue weighted by atomic mass is 32.2. The van der Waals surface area contributed by atoms with E-state index < -0.39 is 46.8 Å². The number of carbonyl (C=O) groups is 1. The van der Waals surface area contributed by atoms with Gasteiger partial charge in [-0.05, 0) is 27.2 Å². The normalized spacial score (nSPS) is 23.0. The second-order valence-electron chi connectivity index (χ2n) is 6.14. The Bertz CT molecular complexity index is 486. The van der Waals surface area contributed by atoms with Crippen LogP contribution in [0.1, 0.15) is 27.2 Å². The average Bonchev–Trinajstić information content (AvgIpc) is 2.22. The Balaban J connectivity index is 2.64. The van der Waals surface area contributed by atoms with Crippen LogP contribution in [0.15, 0.2) is 0 Å². The fourth-order valence-corrected chi connectivity index (χ4v) is 2.29. The van der Waals surface area contributed by atoms with Gasteiger partial charge in [0.05, 0.1) is 25.3 Å². The van der Waals surface area contributed by atoms with Crippen molar-refractivity contribution in [1.29, 1.82) is 0 Å². The molecule has 0 aromatic carbocycles. The van der Waals surface area contributed by atoms with Crippen molar-refractivity contribution >= 4 is 16.2 Å². The Hall–Kier alpha value is -0.960. The third kappa shape index (κ3) is 6.13. The Labute approximate surface area is 123 Å².